The molecule has 2 N–H and O–H groups in total. The quantitative estimate of drug-likeness (QED) is 0.286. The molecular formula is C24H40N2O2. The maximum Gasteiger partial charge on any atom is 0.313 e. The van der Waals surface area contributed by atoms with Crippen LogP contribution in [0, 0.1) is 0 Å². The second kappa shape index (κ2) is 16.1. The van der Waals surface area contributed by atoms with Crippen molar-refractivity contribution in [2.75, 3.05) is 11.9 Å². The van der Waals surface area contributed by atoms with Gasteiger partial charge in [-0.15, -0.1) is 0 Å². The molecule has 0 aliphatic heterocycles. The standard InChI is InChI=1S/C24H40N2O2/c1-3-5-7-8-9-10-11-12-13-14-20-25-23(27)24(28)26-22-18-16-21(17-19-22)15-6-4-2/h16-19H,3-15,20H2,1-2H3,(H,25,27)(H,26,28). The largest absolute Gasteiger partial charge is 0.348 e. The van der Waals surface area contributed by atoms with Crippen LogP contribution in [0.1, 0.15) is 96.5 Å². The topological polar surface area (TPSA) is 58.2 Å². The van der Waals surface area contributed by atoms with Gasteiger partial charge in [-0.3, -0.25) is 9.59 Å². The summed E-state index contributed by atoms with van der Waals surface area (Å²) in [7, 11) is 0. The summed E-state index contributed by atoms with van der Waals surface area (Å²) in [5, 5.41) is 5.38. The Balaban J connectivity index is 2.06. The van der Waals surface area contributed by atoms with Gasteiger partial charge in [0.25, 0.3) is 0 Å². The number of aryl methyl sites for hydroxylation is 1. The van der Waals surface area contributed by atoms with Crippen molar-refractivity contribution in [2.45, 2.75) is 97.3 Å². The third-order valence-electron chi connectivity index (χ3n) is 5.05. The van der Waals surface area contributed by atoms with Crippen LogP contribution < -0.4 is 10.6 Å². The first-order valence-corrected chi connectivity index (χ1v) is 11.4. The normalized spacial score (nSPS) is 10.6. The number of hydrogen-bond acceptors (Lipinski definition) is 2. The van der Waals surface area contributed by atoms with E-state index in [1.165, 1.54) is 56.9 Å². The summed E-state index contributed by atoms with van der Waals surface area (Å²) in [5.41, 5.74) is 1.92. The summed E-state index contributed by atoms with van der Waals surface area (Å²) in [6.45, 7) is 4.98. The minimum atomic E-state index is -0.589. The Morgan fingerprint density at radius 2 is 1.21 bits per heavy atom. The van der Waals surface area contributed by atoms with Crippen molar-refractivity contribution in [2.24, 2.45) is 0 Å². The smallest absolute Gasteiger partial charge is 0.313 e. The molecule has 0 aliphatic carbocycles. The highest BCUT2D eigenvalue weighted by atomic mass is 16.2. The number of hydrogen-bond donors (Lipinski definition) is 2. The maximum atomic E-state index is 12.0. The van der Waals surface area contributed by atoms with Crippen molar-refractivity contribution in [1.82, 2.24) is 5.32 Å². The van der Waals surface area contributed by atoms with Crippen molar-refractivity contribution < 1.29 is 9.59 Å². The third-order valence-corrected chi connectivity index (χ3v) is 5.05. The Morgan fingerprint density at radius 1 is 0.679 bits per heavy atom. The Bertz CT molecular complexity index is 540. The summed E-state index contributed by atoms with van der Waals surface area (Å²) in [4.78, 5) is 23.9. The van der Waals surface area contributed by atoms with Crippen LogP contribution >= 0.6 is 0 Å². The lowest BCUT2D eigenvalue weighted by molar-refractivity contribution is -0.136. The Labute approximate surface area is 171 Å². The predicted octanol–water partition coefficient (Wildman–Crippen LogP) is 6.00. The van der Waals surface area contributed by atoms with E-state index in [4.69, 9.17) is 0 Å². The van der Waals surface area contributed by atoms with Crippen molar-refractivity contribution in [1.29, 1.82) is 0 Å². The van der Waals surface area contributed by atoms with Crippen molar-refractivity contribution in [3.63, 3.8) is 0 Å². The van der Waals surface area contributed by atoms with Crippen molar-refractivity contribution in [3.05, 3.63) is 29.8 Å². The number of anilines is 1. The van der Waals surface area contributed by atoms with Gasteiger partial charge < -0.3 is 10.6 Å². The summed E-state index contributed by atoms with van der Waals surface area (Å²) < 4.78 is 0. The second-order valence-electron chi connectivity index (χ2n) is 7.69. The maximum absolute atomic E-state index is 12.0. The monoisotopic (exact) mass is 388 g/mol. The van der Waals surface area contributed by atoms with Gasteiger partial charge in [0.15, 0.2) is 0 Å². The molecule has 4 nitrogen and oxygen atoms in total. The van der Waals surface area contributed by atoms with E-state index in [0.717, 1.165) is 32.1 Å². The number of benzene rings is 1. The molecule has 0 spiro atoms. The molecule has 2 amide bonds. The summed E-state index contributed by atoms with van der Waals surface area (Å²) in [6, 6.07) is 7.73. The summed E-state index contributed by atoms with van der Waals surface area (Å²) in [6.07, 6.45) is 15.9. The lowest BCUT2D eigenvalue weighted by atomic mass is 10.1. The molecule has 0 saturated heterocycles. The van der Waals surface area contributed by atoms with Crippen LogP contribution in [0.3, 0.4) is 0 Å². The lowest BCUT2D eigenvalue weighted by Crippen LogP contribution is -2.35. The van der Waals surface area contributed by atoms with E-state index in [1.54, 1.807) is 0 Å². The van der Waals surface area contributed by atoms with Gasteiger partial charge in [-0.05, 0) is 37.0 Å². The van der Waals surface area contributed by atoms with Gasteiger partial charge in [-0.1, -0.05) is 90.2 Å². The second-order valence-corrected chi connectivity index (χ2v) is 7.69. The molecule has 1 rings (SSSR count). The van der Waals surface area contributed by atoms with E-state index >= 15 is 0 Å². The zero-order valence-electron chi connectivity index (χ0n) is 18.0. The van der Waals surface area contributed by atoms with E-state index in [9.17, 15) is 9.59 Å². The van der Waals surface area contributed by atoms with Gasteiger partial charge >= 0.3 is 11.8 Å². The molecule has 0 fully saturated rings. The Morgan fingerprint density at radius 3 is 1.79 bits per heavy atom. The first-order valence-electron chi connectivity index (χ1n) is 11.4. The average Bonchev–Trinajstić information content (AvgIpc) is 2.71. The highest BCUT2D eigenvalue weighted by molar-refractivity contribution is 6.39. The fraction of sp³-hybridized carbons (Fsp3) is 0.667. The Hall–Kier alpha value is -1.84. The summed E-state index contributed by atoms with van der Waals surface area (Å²) >= 11 is 0. The minimum Gasteiger partial charge on any atom is -0.348 e. The van der Waals surface area contributed by atoms with E-state index in [0.29, 0.717) is 12.2 Å². The van der Waals surface area contributed by atoms with Crippen LogP contribution in [0.15, 0.2) is 24.3 Å². The molecule has 0 unspecified atom stereocenters. The molecule has 28 heavy (non-hydrogen) atoms. The zero-order chi connectivity index (χ0) is 20.5. The number of rotatable bonds is 15. The molecule has 0 radical (unpaired) electrons. The fourth-order valence-corrected chi connectivity index (χ4v) is 3.22. The third kappa shape index (κ3) is 11.8. The number of nitrogens with one attached hydrogen (secondary N) is 2. The van der Waals surface area contributed by atoms with Gasteiger partial charge in [-0.2, -0.15) is 0 Å². The fourth-order valence-electron chi connectivity index (χ4n) is 3.22. The number of carbonyl (C=O) groups excluding carboxylic acids is 2. The van der Waals surface area contributed by atoms with Gasteiger partial charge in [0.05, 0.1) is 0 Å². The Kier molecular flexibility index (Phi) is 14.0. The molecule has 4 heteroatoms. The van der Waals surface area contributed by atoms with Gasteiger partial charge in [0.1, 0.15) is 0 Å². The van der Waals surface area contributed by atoms with Crippen molar-refractivity contribution in [3.8, 4) is 0 Å². The van der Waals surface area contributed by atoms with E-state index < -0.39 is 11.8 Å². The van der Waals surface area contributed by atoms with E-state index in [2.05, 4.69) is 24.5 Å². The van der Waals surface area contributed by atoms with Gasteiger partial charge in [0.2, 0.25) is 0 Å². The van der Waals surface area contributed by atoms with Crippen LogP contribution in [0.5, 0.6) is 0 Å². The first-order chi connectivity index (χ1) is 13.7. The summed E-state index contributed by atoms with van der Waals surface area (Å²) in [5.74, 6) is -1.14. The highest BCUT2D eigenvalue weighted by Crippen LogP contribution is 2.12. The number of amides is 2. The van der Waals surface area contributed by atoms with Crippen LogP contribution in [0.2, 0.25) is 0 Å². The van der Waals surface area contributed by atoms with Crippen LogP contribution in [0.4, 0.5) is 5.69 Å². The van der Waals surface area contributed by atoms with E-state index in [-0.39, 0.29) is 0 Å². The zero-order valence-corrected chi connectivity index (χ0v) is 18.0. The first kappa shape index (κ1) is 24.2. The van der Waals surface area contributed by atoms with Crippen LogP contribution in [-0.2, 0) is 16.0 Å². The van der Waals surface area contributed by atoms with Crippen molar-refractivity contribution >= 4 is 17.5 Å². The number of carbonyl (C=O) groups is 2. The highest BCUT2D eigenvalue weighted by Gasteiger charge is 2.12. The lowest BCUT2D eigenvalue weighted by Gasteiger charge is -2.07. The molecule has 0 heterocycles. The molecule has 1 aromatic carbocycles. The molecule has 0 aromatic heterocycles. The molecule has 0 bridgehead atoms. The number of unbranched alkanes of at least 4 members (excludes halogenated alkanes) is 10. The van der Waals surface area contributed by atoms with Crippen LogP contribution in [0.25, 0.3) is 0 Å². The molecular weight excluding hydrogens is 348 g/mol. The average molecular weight is 389 g/mol. The van der Waals surface area contributed by atoms with Crippen LogP contribution in [-0.4, -0.2) is 18.4 Å². The minimum absolute atomic E-state index is 0.550. The molecule has 158 valence electrons. The van der Waals surface area contributed by atoms with Gasteiger partial charge in [0, 0.05) is 12.2 Å². The molecule has 0 saturated carbocycles. The molecule has 0 atom stereocenters. The molecule has 0 aliphatic rings. The SMILES string of the molecule is CCCCCCCCCCCCNC(=O)C(=O)Nc1ccc(CCCC)cc1. The van der Waals surface area contributed by atoms with E-state index in [1.807, 2.05) is 24.3 Å². The van der Waals surface area contributed by atoms with Gasteiger partial charge in [-0.25, -0.2) is 0 Å². The molecule has 1 aromatic rings. The predicted molar refractivity (Wildman–Crippen MR) is 119 cm³/mol.